The molecule has 0 saturated carbocycles. The fourth-order valence-electron chi connectivity index (χ4n) is 3.03. The second kappa shape index (κ2) is 9.67. The van der Waals surface area contributed by atoms with E-state index in [-0.39, 0.29) is 18.6 Å². The zero-order chi connectivity index (χ0) is 25.1. The molecule has 0 radical (unpaired) electrons. The highest BCUT2D eigenvalue weighted by atomic mass is 16.7. The highest BCUT2D eigenvalue weighted by Gasteiger charge is 2.38. The number of nitrogens with zero attached hydrogens (tertiary/aromatic N) is 5. The van der Waals surface area contributed by atoms with Crippen LogP contribution in [0.2, 0.25) is 0 Å². The Morgan fingerprint density at radius 3 is 2.33 bits per heavy atom. The fourth-order valence-corrected chi connectivity index (χ4v) is 3.03. The van der Waals surface area contributed by atoms with E-state index in [1.807, 2.05) is 0 Å². The molecule has 182 valence electrons. The molecule has 2 rings (SSSR count). The van der Waals surface area contributed by atoms with Crippen molar-refractivity contribution in [3.05, 3.63) is 43.0 Å². The largest absolute Gasteiger partial charge is 0.508 e. The first kappa shape index (κ1) is 25.9. The number of hydrogen-bond donors (Lipinski definition) is 0. The van der Waals surface area contributed by atoms with Crippen molar-refractivity contribution in [1.82, 2.24) is 9.13 Å². The lowest BCUT2D eigenvalue weighted by Crippen LogP contribution is -2.47. The molecule has 0 spiro atoms. The minimum absolute atomic E-state index is 0.0400. The first-order valence-corrected chi connectivity index (χ1v) is 10.3. The van der Waals surface area contributed by atoms with Gasteiger partial charge in [-0.2, -0.15) is 4.57 Å². The summed E-state index contributed by atoms with van der Waals surface area (Å²) in [5, 5.41) is 3.66. The Morgan fingerprint density at radius 1 is 1.18 bits per heavy atom. The normalized spacial score (nSPS) is 20.6. The van der Waals surface area contributed by atoms with Crippen molar-refractivity contribution >= 4 is 12.2 Å². The van der Waals surface area contributed by atoms with Crippen molar-refractivity contribution in [2.75, 3.05) is 6.61 Å². The molecule has 1 aliphatic heterocycles. The van der Waals surface area contributed by atoms with Gasteiger partial charge in [-0.25, -0.2) is 14.4 Å². The SMILES string of the molecule is Cc1cn([C@H]2C[C@H](N=[N+]=[N-])[C@@H](COC(=O)OC(C)(C)C)O2)c(=O)n(C(=O)OC(C)(C)C)c1=O. The van der Waals surface area contributed by atoms with E-state index in [1.54, 1.807) is 41.5 Å². The van der Waals surface area contributed by atoms with Gasteiger partial charge in [-0.05, 0) is 54.0 Å². The first-order chi connectivity index (χ1) is 15.1. The molecule has 1 aliphatic rings. The molecule has 33 heavy (non-hydrogen) atoms. The number of ether oxygens (including phenoxy) is 4. The molecule has 0 N–H and O–H groups in total. The van der Waals surface area contributed by atoms with Gasteiger partial charge in [0.25, 0.3) is 5.56 Å². The Labute approximate surface area is 189 Å². The number of carbonyl (C=O) groups is 2. The summed E-state index contributed by atoms with van der Waals surface area (Å²) >= 11 is 0. The summed E-state index contributed by atoms with van der Waals surface area (Å²) in [6, 6.07) is -0.781. The highest BCUT2D eigenvalue weighted by molar-refractivity contribution is 5.70. The van der Waals surface area contributed by atoms with Gasteiger partial charge in [0.05, 0.1) is 6.04 Å². The third-order valence-electron chi connectivity index (χ3n) is 4.33. The van der Waals surface area contributed by atoms with Gasteiger partial charge in [0.2, 0.25) is 0 Å². The van der Waals surface area contributed by atoms with Crippen LogP contribution in [0.1, 0.15) is 59.8 Å². The van der Waals surface area contributed by atoms with Crippen LogP contribution in [0.3, 0.4) is 0 Å². The first-order valence-electron chi connectivity index (χ1n) is 10.3. The van der Waals surface area contributed by atoms with Crippen LogP contribution in [0.5, 0.6) is 0 Å². The predicted molar refractivity (Wildman–Crippen MR) is 115 cm³/mol. The van der Waals surface area contributed by atoms with Crippen molar-refractivity contribution in [3.63, 3.8) is 0 Å². The number of azide groups is 1. The van der Waals surface area contributed by atoms with Crippen LogP contribution in [-0.4, -0.2) is 51.3 Å². The summed E-state index contributed by atoms with van der Waals surface area (Å²) in [7, 11) is 0. The van der Waals surface area contributed by atoms with Gasteiger partial charge in [0.1, 0.15) is 30.1 Å². The third kappa shape index (κ3) is 6.83. The summed E-state index contributed by atoms with van der Waals surface area (Å²) in [6.45, 7) is 11.0. The number of aromatic nitrogens is 2. The molecule has 1 saturated heterocycles. The Morgan fingerprint density at radius 2 is 1.79 bits per heavy atom. The van der Waals surface area contributed by atoms with Crippen molar-refractivity contribution in [2.24, 2.45) is 5.11 Å². The minimum Gasteiger partial charge on any atom is -0.443 e. The summed E-state index contributed by atoms with van der Waals surface area (Å²) in [5.41, 5.74) is 5.49. The predicted octanol–water partition coefficient (Wildman–Crippen LogP) is 3.02. The summed E-state index contributed by atoms with van der Waals surface area (Å²) in [5.74, 6) is 0. The van der Waals surface area contributed by atoms with Gasteiger partial charge in [0, 0.05) is 23.1 Å². The molecular formula is C20H29N5O8. The van der Waals surface area contributed by atoms with Gasteiger partial charge < -0.3 is 18.9 Å². The maximum absolute atomic E-state index is 13.0. The second-order valence-electron chi connectivity index (χ2n) is 9.54. The number of carbonyl (C=O) groups excluding carboxylic acids is 2. The molecule has 1 fully saturated rings. The lowest BCUT2D eigenvalue weighted by Gasteiger charge is -2.22. The van der Waals surface area contributed by atoms with Crippen LogP contribution < -0.4 is 11.2 Å². The Hall–Kier alpha value is -3.31. The fraction of sp³-hybridized carbons (Fsp3) is 0.700. The molecular weight excluding hydrogens is 438 g/mol. The average molecular weight is 467 g/mol. The molecule has 0 aliphatic carbocycles. The van der Waals surface area contributed by atoms with E-state index >= 15 is 0 Å². The molecule has 13 heteroatoms. The monoisotopic (exact) mass is 467 g/mol. The van der Waals surface area contributed by atoms with Gasteiger partial charge in [-0.3, -0.25) is 9.36 Å². The standard InChI is InChI=1S/C20H29N5O8/c1-11-9-24(16(27)25(15(11)26)17(28)32-19(2,3)4)14-8-12(22-23-21)13(31-14)10-30-18(29)33-20(5,6)7/h9,12-14H,8,10H2,1-7H3/t12-,13+,14+/m0/s1. The smallest absolute Gasteiger partial charge is 0.443 e. The van der Waals surface area contributed by atoms with E-state index in [9.17, 15) is 19.2 Å². The number of rotatable bonds is 4. The van der Waals surface area contributed by atoms with Crippen molar-refractivity contribution in [1.29, 1.82) is 0 Å². The van der Waals surface area contributed by atoms with Crippen LogP contribution in [-0.2, 0) is 18.9 Å². The van der Waals surface area contributed by atoms with Crippen LogP contribution in [0, 0.1) is 6.92 Å². The lowest BCUT2D eigenvalue weighted by atomic mass is 10.1. The average Bonchev–Trinajstić information content (AvgIpc) is 3.03. The summed E-state index contributed by atoms with van der Waals surface area (Å²) in [6.07, 6.45) is -2.63. The van der Waals surface area contributed by atoms with E-state index in [4.69, 9.17) is 24.5 Å². The van der Waals surface area contributed by atoms with E-state index in [2.05, 4.69) is 10.0 Å². The lowest BCUT2D eigenvalue weighted by molar-refractivity contribution is -0.0566. The number of hydrogen-bond acceptors (Lipinski definition) is 9. The van der Waals surface area contributed by atoms with E-state index in [1.165, 1.54) is 13.1 Å². The van der Waals surface area contributed by atoms with E-state index in [0.717, 1.165) is 4.57 Å². The van der Waals surface area contributed by atoms with Gasteiger partial charge in [-0.1, -0.05) is 5.11 Å². The summed E-state index contributed by atoms with van der Waals surface area (Å²) < 4.78 is 22.5. The molecule has 2 heterocycles. The minimum atomic E-state index is -1.12. The van der Waals surface area contributed by atoms with Crippen LogP contribution >= 0.6 is 0 Å². The molecule has 13 nitrogen and oxygen atoms in total. The molecule has 0 bridgehead atoms. The molecule has 0 amide bonds. The van der Waals surface area contributed by atoms with Crippen molar-refractivity contribution < 1.29 is 28.5 Å². The Bertz CT molecular complexity index is 1070. The molecule has 0 aromatic carbocycles. The van der Waals surface area contributed by atoms with Crippen molar-refractivity contribution in [3.8, 4) is 0 Å². The number of aryl methyl sites for hydroxylation is 1. The van der Waals surface area contributed by atoms with Gasteiger partial charge in [-0.15, -0.1) is 0 Å². The van der Waals surface area contributed by atoms with E-state index in [0.29, 0.717) is 4.57 Å². The van der Waals surface area contributed by atoms with Gasteiger partial charge in [0.15, 0.2) is 0 Å². The van der Waals surface area contributed by atoms with Gasteiger partial charge >= 0.3 is 17.9 Å². The highest BCUT2D eigenvalue weighted by Crippen LogP contribution is 2.30. The third-order valence-corrected chi connectivity index (χ3v) is 4.33. The van der Waals surface area contributed by atoms with Crippen LogP contribution in [0.25, 0.3) is 10.4 Å². The van der Waals surface area contributed by atoms with Crippen LogP contribution in [0.15, 0.2) is 20.9 Å². The Kier molecular flexibility index (Phi) is 7.60. The molecule has 1 aromatic rings. The molecule has 0 unspecified atom stereocenters. The zero-order valence-electron chi connectivity index (χ0n) is 19.7. The Balaban J connectivity index is 2.32. The molecule has 3 atom stereocenters. The molecule has 1 aromatic heterocycles. The maximum Gasteiger partial charge on any atom is 0.508 e. The van der Waals surface area contributed by atoms with Crippen LogP contribution in [0.4, 0.5) is 9.59 Å². The topological polar surface area (TPSA) is 164 Å². The van der Waals surface area contributed by atoms with Crippen molar-refractivity contribution in [2.45, 2.75) is 84.5 Å². The second-order valence-corrected chi connectivity index (χ2v) is 9.54. The quantitative estimate of drug-likeness (QED) is 0.282. The van der Waals surface area contributed by atoms with E-state index < -0.39 is 53.1 Å². The zero-order valence-corrected chi connectivity index (χ0v) is 19.7. The maximum atomic E-state index is 13.0. The summed E-state index contributed by atoms with van der Waals surface area (Å²) in [4.78, 5) is 52.6.